The highest BCUT2D eigenvalue weighted by molar-refractivity contribution is 6.21. The van der Waals surface area contributed by atoms with Crippen LogP contribution in [0.15, 0.2) is 4.99 Å². The van der Waals surface area contributed by atoms with Crippen molar-refractivity contribution in [3.8, 4) is 0 Å². The second-order valence-corrected chi connectivity index (χ2v) is 4.41. The summed E-state index contributed by atoms with van der Waals surface area (Å²) in [7, 11) is 1.66. The summed E-state index contributed by atoms with van der Waals surface area (Å²) in [5.74, 6) is 0.788. The lowest BCUT2D eigenvalue weighted by molar-refractivity contribution is 0.00994. The van der Waals surface area contributed by atoms with Gasteiger partial charge in [-0.3, -0.25) is 15.6 Å². The van der Waals surface area contributed by atoms with Gasteiger partial charge in [0.05, 0.1) is 18.8 Å². The molecular weight excluding hydrogens is 230 g/mol. The third-order valence-corrected chi connectivity index (χ3v) is 3.09. The summed E-state index contributed by atoms with van der Waals surface area (Å²) in [4.78, 5) is 4.28. The third kappa shape index (κ3) is 2.57. The Morgan fingerprint density at radius 1 is 1.50 bits per heavy atom. The van der Waals surface area contributed by atoms with Gasteiger partial charge in [0, 0.05) is 13.7 Å². The molecular formula is C9H18ClN5O. The summed E-state index contributed by atoms with van der Waals surface area (Å²) in [6, 6.07) is -0.0628. The van der Waals surface area contributed by atoms with Crippen LogP contribution in [0, 0.1) is 0 Å². The fourth-order valence-electron chi connectivity index (χ4n) is 1.91. The van der Waals surface area contributed by atoms with Gasteiger partial charge < -0.3 is 15.4 Å². The molecule has 2 aliphatic rings. The molecule has 2 aliphatic heterocycles. The molecule has 0 amide bonds. The van der Waals surface area contributed by atoms with E-state index in [1.807, 2.05) is 6.92 Å². The van der Waals surface area contributed by atoms with Crippen molar-refractivity contribution in [1.82, 2.24) is 21.3 Å². The highest BCUT2D eigenvalue weighted by Crippen LogP contribution is 2.12. The number of ether oxygens (including phenoxy) is 1. The van der Waals surface area contributed by atoms with Crippen LogP contribution in [0.3, 0.4) is 0 Å². The van der Waals surface area contributed by atoms with E-state index in [4.69, 9.17) is 16.3 Å². The molecule has 0 radical (unpaired) electrons. The van der Waals surface area contributed by atoms with Crippen LogP contribution < -0.4 is 21.3 Å². The number of nitrogens with one attached hydrogen (secondary N) is 4. The van der Waals surface area contributed by atoms with Gasteiger partial charge in [-0.05, 0) is 6.92 Å². The molecule has 0 spiro atoms. The van der Waals surface area contributed by atoms with Gasteiger partial charge in [0.25, 0.3) is 0 Å². The Balaban J connectivity index is 1.98. The quantitative estimate of drug-likeness (QED) is 0.372. The predicted molar refractivity (Wildman–Crippen MR) is 63.4 cm³/mol. The van der Waals surface area contributed by atoms with Crippen molar-refractivity contribution in [1.29, 1.82) is 0 Å². The maximum atomic E-state index is 6.25. The first kappa shape index (κ1) is 11.9. The van der Waals surface area contributed by atoms with Crippen molar-refractivity contribution in [3.63, 3.8) is 0 Å². The summed E-state index contributed by atoms with van der Waals surface area (Å²) in [6.45, 7) is 3.68. The molecule has 0 aliphatic carbocycles. The number of hydrogen-bond acceptors (Lipinski definition) is 6. The van der Waals surface area contributed by atoms with Crippen molar-refractivity contribution in [2.75, 3.05) is 20.2 Å². The van der Waals surface area contributed by atoms with Crippen LogP contribution in [0.2, 0.25) is 0 Å². The molecule has 6 nitrogen and oxygen atoms in total. The van der Waals surface area contributed by atoms with Crippen molar-refractivity contribution >= 4 is 17.6 Å². The lowest BCUT2D eigenvalue weighted by Crippen LogP contribution is -2.69. The number of rotatable bonds is 2. The van der Waals surface area contributed by atoms with Gasteiger partial charge in [-0.15, -0.1) is 11.6 Å². The minimum atomic E-state index is -0.202. The van der Waals surface area contributed by atoms with E-state index in [1.165, 1.54) is 0 Å². The summed E-state index contributed by atoms with van der Waals surface area (Å²) in [6.07, 6.45) is -0.00664. The third-order valence-electron chi connectivity index (χ3n) is 2.70. The van der Waals surface area contributed by atoms with Crippen LogP contribution in [-0.2, 0) is 4.74 Å². The number of aliphatic imine (C=N–C) groups is 1. The molecule has 1 saturated heterocycles. The molecule has 92 valence electrons. The van der Waals surface area contributed by atoms with Crippen LogP contribution in [0.4, 0.5) is 0 Å². The predicted octanol–water partition coefficient (Wildman–Crippen LogP) is -1.02. The molecule has 4 N–H and O–H groups in total. The Morgan fingerprint density at radius 2 is 2.31 bits per heavy atom. The molecule has 2 heterocycles. The Morgan fingerprint density at radius 3 is 2.94 bits per heavy atom. The Labute approximate surface area is 100 Å². The molecule has 0 aromatic carbocycles. The zero-order chi connectivity index (χ0) is 11.5. The second-order valence-electron chi connectivity index (χ2n) is 3.94. The number of alkyl halides is 1. The minimum absolute atomic E-state index is 0.0628. The zero-order valence-electron chi connectivity index (χ0n) is 9.46. The fourth-order valence-corrected chi connectivity index (χ4v) is 2.29. The molecule has 1 fully saturated rings. The number of guanidine groups is 1. The lowest BCUT2D eigenvalue weighted by Gasteiger charge is -2.39. The first-order chi connectivity index (χ1) is 7.70. The van der Waals surface area contributed by atoms with Gasteiger partial charge >= 0.3 is 0 Å². The van der Waals surface area contributed by atoms with Crippen LogP contribution in [-0.4, -0.2) is 50.1 Å². The summed E-state index contributed by atoms with van der Waals surface area (Å²) >= 11 is 6.25. The van der Waals surface area contributed by atoms with E-state index in [0.717, 1.165) is 19.0 Å². The van der Waals surface area contributed by atoms with Crippen molar-refractivity contribution in [2.45, 2.75) is 30.9 Å². The van der Waals surface area contributed by atoms with Gasteiger partial charge in [0.1, 0.15) is 11.7 Å². The number of nitrogens with zero attached hydrogens (tertiary/aromatic N) is 1. The van der Waals surface area contributed by atoms with E-state index in [0.29, 0.717) is 0 Å². The average molecular weight is 248 g/mol. The van der Waals surface area contributed by atoms with Gasteiger partial charge in [-0.25, -0.2) is 0 Å². The molecule has 7 heteroatoms. The van der Waals surface area contributed by atoms with E-state index in [9.17, 15) is 0 Å². The van der Waals surface area contributed by atoms with E-state index in [1.54, 1.807) is 7.11 Å². The van der Waals surface area contributed by atoms with Gasteiger partial charge in [-0.2, -0.15) is 0 Å². The second kappa shape index (κ2) is 5.18. The van der Waals surface area contributed by atoms with Crippen LogP contribution in [0.1, 0.15) is 6.92 Å². The minimum Gasteiger partial charge on any atom is -0.364 e. The Kier molecular flexibility index (Phi) is 3.86. The molecule has 4 atom stereocenters. The number of hydrogen-bond donors (Lipinski definition) is 4. The summed E-state index contributed by atoms with van der Waals surface area (Å²) in [5.41, 5.74) is -0.202. The smallest absolute Gasteiger partial charge is 0.191 e. The molecule has 0 bridgehead atoms. The molecule has 4 unspecified atom stereocenters. The van der Waals surface area contributed by atoms with Gasteiger partial charge in [0.15, 0.2) is 5.96 Å². The first-order valence-corrected chi connectivity index (χ1v) is 5.88. The molecule has 2 rings (SSSR count). The Hall–Kier alpha value is -0.560. The largest absolute Gasteiger partial charge is 0.364 e. The van der Waals surface area contributed by atoms with Crippen molar-refractivity contribution in [3.05, 3.63) is 0 Å². The van der Waals surface area contributed by atoms with E-state index < -0.39 is 0 Å². The lowest BCUT2D eigenvalue weighted by atomic mass is 10.2. The first-order valence-electron chi connectivity index (χ1n) is 5.44. The molecule has 0 saturated carbocycles. The van der Waals surface area contributed by atoms with E-state index >= 15 is 0 Å². The highest BCUT2D eigenvalue weighted by Gasteiger charge is 2.35. The highest BCUT2D eigenvalue weighted by atomic mass is 35.5. The van der Waals surface area contributed by atoms with Gasteiger partial charge in [-0.1, -0.05) is 0 Å². The molecule has 16 heavy (non-hydrogen) atoms. The Bertz CT molecular complexity index is 275. The van der Waals surface area contributed by atoms with Crippen LogP contribution in [0.5, 0.6) is 0 Å². The normalized spacial score (nSPS) is 39.1. The molecule has 0 aromatic heterocycles. The van der Waals surface area contributed by atoms with Crippen molar-refractivity contribution < 1.29 is 4.74 Å². The summed E-state index contributed by atoms with van der Waals surface area (Å²) < 4.78 is 5.37. The number of halogens is 1. The monoisotopic (exact) mass is 247 g/mol. The fraction of sp³-hybridized carbons (Fsp3) is 0.889. The molecule has 0 aromatic rings. The maximum Gasteiger partial charge on any atom is 0.191 e. The van der Waals surface area contributed by atoms with Gasteiger partial charge in [0.2, 0.25) is 0 Å². The summed E-state index contributed by atoms with van der Waals surface area (Å²) in [5, 5.41) is 12.8. The van der Waals surface area contributed by atoms with Crippen LogP contribution >= 0.6 is 11.6 Å². The average Bonchev–Trinajstić information content (AvgIpc) is 2.74. The van der Waals surface area contributed by atoms with Crippen molar-refractivity contribution in [2.24, 2.45) is 4.99 Å². The van der Waals surface area contributed by atoms with E-state index in [2.05, 4.69) is 26.3 Å². The topological polar surface area (TPSA) is 69.7 Å². The standard InChI is InChI=1S/C9H18ClN5O/c1-5-13-7(10)6(8(14-5)16-2)15-9-11-3-4-12-9/h5-8,13-14H,3-4H2,1-2H3,(H2,11,12,15). The zero-order valence-corrected chi connectivity index (χ0v) is 10.2. The maximum absolute atomic E-state index is 6.25. The van der Waals surface area contributed by atoms with E-state index in [-0.39, 0.29) is 23.9 Å². The number of methoxy groups -OCH3 is 1. The van der Waals surface area contributed by atoms with Crippen LogP contribution in [0.25, 0.3) is 0 Å². The SMILES string of the molecule is COC1NC(C)NC(Cl)C1NC1=NCCN1.